The Labute approximate surface area is 156 Å². The Balaban J connectivity index is 1.62. The molecule has 0 aliphatic carbocycles. The number of aromatic nitrogens is 5. The minimum absolute atomic E-state index is 0.474. The molecule has 5 rings (SSSR count). The first kappa shape index (κ1) is 15.9. The highest BCUT2D eigenvalue weighted by molar-refractivity contribution is 5.70. The van der Waals surface area contributed by atoms with E-state index >= 15 is 0 Å². The predicted octanol–water partition coefficient (Wildman–Crippen LogP) is 2.94. The van der Waals surface area contributed by atoms with Gasteiger partial charge in [-0.1, -0.05) is 17.3 Å². The molecule has 0 saturated carbocycles. The molecule has 0 atom stereocenters. The van der Waals surface area contributed by atoms with Crippen LogP contribution in [-0.2, 0) is 13.0 Å². The van der Waals surface area contributed by atoms with Gasteiger partial charge < -0.3 is 9.84 Å². The number of nitrogens with one attached hydrogen (secondary N) is 1. The van der Waals surface area contributed by atoms with Crippen molar-refractivity contribution in [2.45, 2.75) is 19.9 Å². The molecule has 0 bridgehead atoms. The van der Waals surface area contributed by atoms with E-state index in [1.807, 2.05) is 49.6 Å². The van der Waals surface area contributed by atoms with Crippen LogP contribution in [-0.4, -0.2) is 31.4 Å². The van der Waals surface area contributed by atoms with Gasteiger partial charge in [0.25, 0.3) is 5.89 Å². The Morgan fingerprint density at radius 3 is 3.00 bits per heavy atom. The van der Waals surface area contributed by atoms with Gasteiger partial charge >= 0.3 is 0 Å². The maximum Gasteiger partial charge on any atom is 0.260 e. The van der Waals surface area contributed by atoms with Gasteiger partial charge in [-0.25, -0.2) is 4.68 Å². The van der Waals surface area contributed by atoms with Crippen molar-refractivity contribution < 1.29 is 4.52 Å². The molecule has 1 aliphatic rings. The highest BCUT2D eigenvalue weighted by Gasteiger charge is 2.22. The second-order valence-corrected chi connectivity index (χ2v) is 6.54. The summed E-state index contributed by atoms with van der Waals surface area (Å²) in [4.78, 5) is 9.24. The number of benzene rings is 1. The van der Waals surface area contributed by atoms with Crippen molar-refractivity contribution in [3.05, 3.63) is 65.7 Å². The minimum atomic E-state index is 0.474. The van der Waals surface area contributed by atoms with Gasteiger partial charge in [0.2, 0.25) is 5.82 Å². The summed E-state index contributed by atoms with van der Waals surface area (Å²) in [6, 6.07) is 9.75. The number of aryl methyl sites for hydroxylation is 1. The summed E-state index contributed by atoms with van der Waals surface area (Å²) in [7, 11) is 0. The highest BCUT2D eigenvalue weighted by atomic mass is 16.5. The fourth-order valence-corrected chi connectivity index (χ4v) is 3.57. The van der Waals surface area contributed by atoms with Gasteiger partial charge in [0.1, 0.15) is 0 Å². The SMILES string of the molecule is Cc1ncc2c(c1-c1noc(-c3ccccc3-n3cccn3)n1)CCNC2. The summed E-state index contributed by atoms with van der Waals surface area (Å²) in [6.45, 7) is 3.75. The van der Waals surface area contributed by atoms with Crippen molar-refractivity contribution in [1.29, 1.82) is 0 Å². The monoisotopic (exact) mass is 358 g/mol. The van der Waals surface area contributed by atoms with Crippen molar-refractivity contribution in [3.8, 4) is 28.5 Å². The quantitative estimate of drug-likeness (QED) is 0.606. The summed E-state index contributed by atoms with van der Waals surface area (Å²) in [6.07, 6.45) is 6.51. The second kappa shape index (κ2) is 6.44. The van der Waals surface area contributed by atoms with Gasteiger partial charge in [-0.3, -0.25) is 4.98 Å². The fraction of sp³-hybridized carbons (Fsp3) is 0.200. The van der Waals surface area contributed by atoms with E-state index in [1.165, 1.54) is 11.1 Å². The molecule has 7 heteroatoms. The lowest BCUT2D eigenvalue weighted by Gasteiger charge is -2.19. The molecular formula is C20H18N6O. The molecule has 0 fully saturated rings. The van der Waals surface area contributed by atoms with E-state index in [0.29, 0.717) is 11.7 Å². The number of fused-ring (bicyclic) bond motifs is 1. The highest BCUT2D eigenvalue weighted by Crippen LogP contribution is 2.31. The Bertz CT molecular complexity index is 1100. The lowest BCUT2D eigenvalue weighted by molar-refractivity contribution is 0.432. The molecule has 134 valence electrons. The zero-order chi connectivity index (χ0) is 18.2. The minimum Gasteiger partial charge on any atom is -0.334 e. The second-order valence-electron chi connectivity index (χ2n) is 6.54. The van der Waals surface area contributed by atoms with Gasteiger partial charge in [-0.15, -0.1) is 0 Å². The first-order chi connectivity index (χ1) is 13.3. The van der Waals surface area contributed by atoms with E-state index in [1.54, 1.807) is 10.9 Å². The van der Waals surface area contributed by atoms with Crippen molar-refractivity contribution in [1.82, 2.24) is 30.2 Å². The van der Waals surface area contributed by atoms with E-state index in [0.717, 1.165) is 42.0 Å². The molecule has 4 aromatic rings. The number of nitrogens with zero attached hydrogens (tertiary/aromatic N) is 5. The number of rotatable bonds is 3. The largest absolute Gasteiger partial charge is 0.334 e. The smallest absolute Gasteiger partial charge is 0.260 e. The van der Waals surface area contributed by atoms with Crippen LogP contribution in [0, 0.1) is 6.92 Å². The molecule has 0 spiro atoms. The third kappa shape index (κ3) is 2.72. The van der Waals surface area contributed by atoms with Gasteiger partial charge in [0.05, 0.1) is 11.3 Å². The van der Waals surface area contributed by atoms with Gasteiger partial charge in [0.15, 0.2) is 0 Å². The summed E-state index contributed by atoms with van der Waals surface area (Å²) in [5, 5.41) is 12.0. The number of pyridine rings is 1. The van der Waals surface area contributed by atoms with E-state index in [4.69, 9.17) is 9.51 Å². The van der Waals surface area contributed by atoms with Crippen LogP contribution < -0.4 is 5.32 Å². The lowest BCUT2D eigenvalue weighted by Crippen LogP contribution is -2.24. The summed E-state index contributed by atoms with van der Waals surface area (Å²) in [5.41, 5.74) is 6.10. The van der Waals surface area contributed by atoms with E-state index in [9.17, 15) is 0 Å². The van der Waals surface area contributed by atoms with Gasteiger partial charge in [-0.05, 0) is 49.2 Å². The van der Waals surface area contributed by atoms with E-state index in [-0.39, 0.29) is 0 Å². The van der Waals surface area contributed by atoms with Crippen LogP contribution in [0.15, 0.2) is 53.4 Å². The van der Waals surface area contributed by atoms with Crippen LogP contribution in [0.25, 0.3) is 28.5 Å². The van der Waals surface area contributed by atoms with Crippen LogP contribution in [0.3, 0.4) is 0 Å². The number of hydrogen-bond donors (Lipinski definition) is 1. The van der Waals surface area contributed by atoms with Crippen LogP contribution in [0.5, 0.6) is 0 Å². The predicted molar refractivity (Wildman–Crippen MR) is 100 cm³/mol. The molecule has 4 heterocycles. The normalized spacial score (nSPS) is 13.5. The number of para-hydroxylation sites is 1. The summed E-state index contributed by atoms with van der Waals surface area (Å²) >= 11 is 0. The zero-order valence-electron chi connectivity index (χ0n) is 14.9. The third-order valence-electron chi connectivity index (χ3n) is 4.87. The zero-order valence-corrected chi connectivity index (χ0v) is 14.9. The Morgan fingerprint density at radius 1 is 1.19 bits per heavy atom. The molecule has 0 unspecified atom stereocenters. The fourth-order valence-electron chi connectivity index (χ4n) is 3.57. The van der Waals surface area contributed by atoms with Crippen molar-refractivity contribution >= 4 is 0 Å². The first-order valence-electron chi connectivity index (χ1n) is 8.93. The Morgan fingerprint density at radius 2 is 2.11 bits per heavy atom. The molecule has 3 aromatic heterocycles. The van der Waals surface area contributed by atoms with Crippen molar-refractivity contribution in [2.24, 2.45) is 0 Å². The summed E-state index contributed by atoms with van der Waals surface area (Å²) in [5.74, 6) is 1.06. The molecule has 0 radical (unpaired) electrons. The van der Waals surface area contributed by atoms with Crippen LogP contribution in [0.4, 0.5) is 0 Å². The Hall–Kier alpha value is -3.32. The lowest BCUT2D eigenvalue weighted by atomic mass is 9.95. The molecule has 7 nitrogen and oxygen atoms in total. The third-order valence-corrected chi connectivity index (χ3v) is 4.87. The molecule has 1 N–H and O–H groups in total. The van der Waals surface area contributed by atoms with E-state index in [2.05, 4.69) is 20.6 Å². The van der Waals surface area contributed by atoms with Crippen LogP contribution >= 0.6 is 0 Å². The maximum absolute atomic E-state index is 5.64. The standard InChI is InChI=1S/C20H18N6O/c1-13-18(15-7-9-21-11-14(15)12-22-13)19-24-20(27-25-19)16-5-2-3-6-17(16)26-10-4-8-23-26/h2-6,8,10,12,21H,7,9,11H2,1H3. The van der Waals surface area contributed by atoms with E-state index < -0.39 is 0 Å². The molecule has 1 aromatic carbocycles. The summed E-state index contributed by atoms with van der Waals surface area (Å²) < 4.78 is 7.44. The van der Waals surface area contributed by atoms with Crippen LogP contribution in [0.2, 0.25) is 0 Å². The van der Waals surface area contributed by atoms with Crippen molar-refractivity contribution in [3.63, 3.8) is 0 Å². The van der Waals surface area contributed by atoms with Crippen molar-refractivity contribution in [2.75, 3.05) is 6.54 Å². The average molecular weight is 358 g/mol. The average Bonchev–Trinajstić information content (AvgIpc) is 3.40. The first-order valence-corrected chi connectivity index (χ1v) is 8.93. The maximum atomic E-state index is 5.64. The Kier molecular flexibility index (Phi) is 3.79. The molecule has 1 aliphatic heterocycles. The van der Waals surface area contributed by atoms with Crippen LogP contribution in [0.1, 0.15) is 16.8 Å². The topological polar surface area (TPSA) is 81.7 Å². The molecule has 0 saturated heterocycles. The van der Waals surface area contributed by atoms with Gasteiger partial charge in [0, 0.05) is 36.4 Å². The van der Waals surface area contributed by atoms with Gasteiger partial charge in [-0.2, -0.15) is 10.1 Å². The number of hydrogen-bond acceptors (Lipinski definition) is 6. The molecular weight excluding hydrogens is 340 g/mol. The molecule has 27 heavy (non-hydrogen) atoms. The molecule has 0 amide bonds.